The number of hydrogen-bond donors (Lipinski definition) is 0. The Labute approximate surface area is 247 Å². The molecule has 6 nitrogen and oxygen atoms in total. The van der Waals surface area contributed by atoms with Crippen molar-refractivity contribution < 1.29 is 28.6 Å². The zero-order valence-corrected chi connectivity index (χ0v) is 27.3. The molecular formula is C35H54O6. The van der Waals surface area contributed by atoms with Crippen molar-refractivity contribution in [3.63, 3.8) is 0 Å². The maximum Gasteiger partial charge on any atom is 0.312 e. The summed E-state index contributed by atoms with van der Waals surface area (Å²) in [4.78, 5) is 38.0. The summed E-state index contributed by atoms with van der Waals surface area (Å²) in [6.45, 7) is 19.5. The van der Waals surface area contributed by atoms with E-state index < -0.39 is 17.6 Å². The van der Waals surface area contributed by atoms with Gasteiger partial charge in [-0.25, -0.2) is 0 Å². The van der Waals surface area contributed by atoms with Gasteiger partial charge in [-0.2, -0.15) is 0 Å². The predicted molar refractivity (Wildman–Crippen MR) is 158 cm³/mol. The molecule has 0 aliphatic heterocycles. The van der Waals surface area contributed by atoms with E-state index in [-0.39, 0.29) is 50.9 Å². The highest BCUT2D eigenvalue weighted by atomic mass is 16.6. The van der Waals surface area contributed by atoms with Gasteiger partial charge in [0.2, 0.25) is 0 Å². The fourth-order valence-electron chi connectivity index (χ4n) is 11.6. The van der Waals surface area contributed by atoms with Crippen LogP contribution in [0, 0.1) is 50.2 Å². The first-order valence-electron chi connectivity index (χ1n) is 16.0. The number of methoxy groups -OCH3 is 1. The second kappa shape index (κ2) is 9.58. The van der Waals surface area contributed by atoms with Crippen molar-refractivity contribution >= 4 is 17.9 Å². The van der Waals surface area contributed by atoms with Crippen LogP contribution in [0.15, 0.2) is 11.6 Å². The molecule has 0 N–H and O–H groups in total. The molecule has 0 saturated heterocycles. The van der Waals surface area contributed by atoms with Crippen molar-refractivity contribution in [1.82, 2.24) is 0 Å². The zero-order chi connectivity index (χ0) is 30.4. The summed E-state index contributed by atoms with van der Waals surface area (Å²) in [5.41, 5.74) is 0.868. The van der Waals surface area contributed by atoms with Crippen LogP contribution in [0.1, 0.15) is 120 Å². The first-order chi connectivity index (χ1) is 18.9. The molecule has 4 saturated carbocycles. The van der Waals surface area contributed by atoms with Crippen LogP contribution in [0.5, 0.6) is 0 Å². The number of hydrogen-bond acceptors (Lipinski definition) is 6. The van der Waals surface area contributed by atoms with Gasteiger partial charge in [-0.05, 0) is 97.2 Å². The fourth-order valence-corrected chi connectivity index (χ4v) is 11.6. The Bertz CT molecular complexity index is 1150. The second-order valence-corrected chi connectivity index (χ2v) is 16.6. The Kier molecular flexibility index (Phi) is 7.15. The minimum absolute atomic E-state index is 0.0151. The van der Waals surface area contributed by atoms with Crippen LogP contribution in [-0.2, 0) is 28.6 Å². The molecule has 230 valence electrons. The van der Waals surface area contributed by atoms with Crippen molar-refractivity contribution in [2.24, 2.45) is 50.2 Å². The van der Waals surface area contributed by atoms with E-state index in [0.717, 1.165) is 51.4 Å². The Morgan fingerprint density at radius 1 is 0.805 bits per heavy atom. The van der Waals surface area contributed by atoms with Crippen LogP contribution in [0.3, 0.4) is 0 Å². The summed E-state index contributed by atoms with van der Waals surface area (Å²) < 4.78 is 17.4. The highest BCUT2D eigenvalue weighted by Crippen LogP contribution is 2.76. The van der Waals surface area contributed by atoms with Gasteiger partial charge in [0.1, 0.15) is 12.2 Å². The van der Waals surface area contributed by atoms with E-state index in [2.05, 4.69) is 54.5 Å². The fraction of sp³-hybridized carbons (Fsp3) is 0.857. The Hall–Kier alpha value is -1.85. The Morgan fingerprint density at radius 2 is 1.44 bits per heavy atom. The van der Waals surface area contributed by atoms with Crippen molar-refractivity contribution in [2.75, 3.05) is 7.11 Å². The number of carbonyl (C=O) groups is 3. The normalized spacial score (nSPS) is 45.9. The Morgan fingerprint density at radius 3 is 2.05 bits per heavy atom. The molecule has 9 atom stereocenters. The molecule has 0 radical (unpaired) electrons. The van der Waals surface area contributed by atoms with Gasteiger partial charge in [0, 0.05) is 19.3 Å². The predicted octanol–water partition coefficient (Wildman–Crippen LogP) is 7.43. The molecule has 5 rings (SSSR count). The van der Waals surface area contributed by atoms with E-state index >= 15 is 0 Å². The van der Waals surface area contributed by atoms with Crippen LogP contribution in [0.4, 0.5) is 0 Å². The lowest BCUT2D eigenvalue weighted by Gasteiger charge is -2.71. The molecule has 0 bridgehead atoms. The van der Waals surface area contributed by atoms with Gasteiger partial charge in [-0.1, -0.05) is 60.1 Å². The first-order valence-corrected chi connectivity index (χ1v) is 16.0. The standard InChI is InChI=1S/C35H54O6/c1-21(36)40-25-20-32(7)26(31(5,6)28(25)41-22(2)37)13-14-34(9)27(32)12-11-23-24-19-30(3,4)15-17-35(24,29(38)39-10)18-16-33(23,34)8/h11,24-28H,12-20H2,1-10H3/t24-,25+,26+,27-,28+,32-,33+,34+,35-/m0/s1. The van der Waals surface area contributed by atoms with Crippen LogP contribution < -0.4 is 0 Å². The zero-order valence-electron chi connectivity index (χ0n) is 27.3. The quantitative estimate of drug-likeness (QED) is 0.199. The largest absolute Gasteiger partial charge is 0.469 e. The maximum absolute atomic E-state index is 13.5. The lowest BCUT2D eigenvalue weighted by atomic mass is 9.33. The number of rotatable bonds is 3. The van der Waals surface area contributed by atoms with E-state index in [1.54, 1.807) is 7.11 Å². The smallest absolute Gasteiger partial charge is 0.312 e. The van der Waals surface area contributed by atoms with Gasteiger partial charge >= 0.3 is 17.9 Å². The van der Waals surface area contributed by atoms with E-state index in [9.17, 15) is 14.4 Å². The van der Waals surface area contributed by atoms with Gasteiger partial charge in [0.25, 0.3) is 0 Å². The second-order valence-electron chi connectivity index (χ2n) is 16.6. The molecule has 6 heteroatoms. The summed E-state index contributed by atoms with van der Waals surface area (Å²) in [6, 6.07) is 0. The van der Waals surface area contributed by atoms with Gasteiger partial charge in [0.05, 0.1) is 12.5 Å². The van der Waals surface area contributed by atoms with E-state index in [1.165, 1.54) is 19.4 Å². The molecule has 0 heterocycles. The number of fused-ring (bicyclic) bond motifs is 7. The molecule has 4 fully saturated rings. The third kappa shape index (κ3) is 4.26. The van der Waals surface area contributed by atoms with Crippen LogP contribution >= 0.6 is 0 Å². The van der Waals surface area contributed by atoms with E-state index in [4.69, 9.17) is 14.2 Å². The molecule has 0 spiro atoms. The molecule has 5 aliphatic carbocycles. The monoisotopic (exact) mass is 570 g/mol. The lowest BCUT2D eigenvalue weighted by Crippen LogP contribution is -2.67. The summed E-state index contributed by atoms with van der Waals surface area (Å²) >= 11 is 0. The average Bonchev–Trinajstić information content (AvgIpc) is 2.85. The summed E-state index contributed by atoms with van der Waals surface area (Å²) in [6.07, 6.45) is 10.3. The van der Waals surface area contributed by atoms with Crippen molar-refractivity contribution in [2.45, 2.75) is 132 Å². The third-order valence-electron chi connectivity index (χ3n) is 13.7. The van der Waals surface area contributed by atoms with E-state index in [1.807, 2.05) is 0 Å². The number of allylic oxidation sites excluding steroid dienone is 2. The molecule has 0 aromatic carbocycles. The van der Waals surface area contributed by atoms with Gasteiger partial charge in [0.15, 0.2) is 0 Å². The topological polar surface area (TPSA) is 78.9 Å². The molecule has 0 aromatic heterocycles. The summed E-state index contributed by atoms with van der Waals surface area (Å²) in [5, 5.41) is 0. The lowest BCUT2D eigenvalue weighted by molar-refractivity contribution is -0.244. The number of carbonyl (C=O) groups excluding carboxylic acids is 3. The van der Waals surface area contributed by atoms with Gasteiger partial charge < -0.3 is 14.2 Å². The molecule has 5 aliphatic rings. The highest BCUT2D eigenvalue weighted by Gasteiger charge is 2.71. The van der Waals surface area contributed by atoms with Crippen molar-refractivity contribution in [3.05, 3.63) is 11.6 Å². The summed E-state index contributed by atoms with van der Waals surface area (Å²) in [7, 11) is 1.56. The number of ether oxygens (including phenoxy) is 3. The Balaban J connectivity index is 1.59. The van der Waals surface area contributed by atoms with E-state index in [0.29, 0.717) is 18.3 Å². The number of esters is 3. The van der Waals surface area contributed by atoms with Gasteiger partial charge in [-0.3, -0.25) is 14.4 Å². The van der Waals surface area contributed by atoms with Crippen molar-refractivity contribution in [1.29, 1.82) is 0 Å². The minimum atomic E-state index is -0.467. The molecular weight excluding hydrogens is 516 g/mol. The molecule has 0 aromatic rings. The highest BCUT2D eigenvalue weighted by molar-refractivity contribution is 5.78. The third-order valence-corrected chi connectivity index (χ3v) is 13.7. The van der Waals surface area contributed by atoms with Crippen LogP contribution in [-0.4, -0.2) is 37.2 Å². The summed E-state index contributed by atoms with van der Waals surface area (Å²) in [5.74, 6) is 0.264. The SMILES string of the molecule is COC(=O)[C@]12CCC(C)(C)C[C@H]1C1=CC[C@H]3[C@@]4(C)C[C@@H](OC(C)=O)[C@@H](OC(C)=O)C(C)(C)[C@H]4CC[C@@]3(C)[C@]1(C)CC2. The molecule has 0 amide bonds. The minimum Gasteiger partial charge on any atom is -0.469 e. The van der Waals surface area contributed by atoms with Gasteiger partial charge in [-0.15, -0.1) is 0 Å². The maximum atomic E-state index is 13.5. The van der Waals surface area contributed by atoms with Crippen LogP contribution in [0.2, 0.25) is 0 Å². The van der Waals surface area contributed by atoms with Crippen molar-refractivity contribution in [3.8, 4) is 0 Å². The first kappa shape index (κ1) is 30.6. The molecule has 41 heavy (non-hydrogen) atoms. The van der Waals surface area contributed by atoms with Crippen LogP contribution in [0.25, 0.3) is 0 Å². The molecule has 0 unspecified atom stereocenters. The average molecular weight is 571 g/mol.